The van der Waals surface area contributed by atoms with E-state index in [9.17, 15) is 10.2 Å². The van der Waals surface area contributed by atoms with E-state index in [1.165, 1.54) is 11.3 Å². The summed E-state index contributed by atoms with van der Waals surface area (Å²) in [5, 5.41) is 19.3. The first-order valence-electron chi connectivity index (χ1n) is 4.45. The molecule has 74 valence electrons. The number of hydrogen-bond donors (Lipinski definition) is 2. The van der Waals surface area contributed by atoms with Crippen molar-refractivity contribution in [3.05, 3.63) is 21.9 Å². The maximum absolute atomic E-state index is 9.73. The molecule has 0 aromatic carbocycles. The van der Waals surface area contributed by atoms with Crippen LogP contribution in [-0.2, 0) is 0 Å². The first-order valence-corrected chi connectivity index (χ1v) is 5.26. The zero-order chi connectivity index (χ0) is 10.0. The average Bonchev–Trinajstić information content (AvgIpc) is 2.49. The summed E-state index contributed by atoms with van der Waals surface area (Å²) in [4.78, 5) is 2.00. The smallest absolute Gasteiger partial charge is 0.114 e. The number of rotatable bonds is 3. The van der Waals surface area contributed by atoms with Crippen LogP contribution < -0.4 is 0 Å². The highest BCUT2D eigenvalue weighted by molar-refractivity contribution is 7.12. The molecule has 2 atom stereocenters. The number of aryl methyl sites for hydroxylation is 1. The second kappa shape index (κ2) is 4.22. The van der Waals surface area contributed by atoms with E-state index >= 15 is 0 Å². The van der Waals surface area contributed by atoms with E-state index in [2.05, 4.69) is 0 Å². The number of hydrogen-bond acceptors (Lipinski definition) is 3. The standard InChI is InChI=1S/C10H16O2S/c1-6(2)9(11)10(12)8-5-4-7(3)13-8/h4-6,9-12H,1-3H3. The summed E-state index contributed by atoms with van der Waals surface area (Å²) in [5.41, 5.74) is 0. The number of aliphatic hydroxyl groups is 2. The van der Waals surface area contributed by atoms with Crippen molar-refractivity contribution in [3.63, 3.8) is 0 Å². The summed E-state index contributed by atoms with van der Waals surface area (Å²) in [6.45, 7) is 5.78. The van der Waals surface area contributed by atoms with Crippen molar-refractivity contribution in [2.45, 2.75) is 33.0 Å². The second-order valence-electron chi connectivity index (χ2n) is 3.63. The SMILES string of the molecule is Cc1ccc(C(O)C(O)C(C)C)s1. The van der Waals surface area contributed by atoms with Gasteiger partial charge >= 0.3 is 0 Å². The van der Waals surface area contributed by atoms with E-state index in [1.807, 2.05) is 32.9 Å². The summed E-state index contributed by atoms with van der Waals surface area (Å²) >= 11 is 1.53. The topological polar surface area (TPSA) is 40.5 Å². The van der Waals surface area contributed by atoms with E-state index in [4.69, 9.17) is 0 Å². The minimum atomic E-state index is -0.737. The predicted molar refractivity (Wildman–Crippen MR) is 54.9 cm³/mol. The Morgan fingerprint density at radius 1 is 1.23 bits per heavy atom. The molecule has 0 saturated heterocycles. The number of aliphatic hydroxyl groups excluding tert-OH is 2. The first kappa shape index (κ1) is 10.7. The Morgan fingerprint density at radius 3 is 2.23 bits per heavy atom. The van der Waals surface area contributed by atoms with Crippen LogP contribution in [0.1, 0.15) is 29.7 Å². The summed E-state index contributed by atoms with van der Waals surface area (Å²) in [7, 11) is 0. The Labute approximate surface area is 82.8 Å². The Morgan fingerprint density at radius 2 is 1.85 bits per heavy atom. The molecule has 1 aromatic rings. The van der Waals surface area contributed by atoms with Gasteiger partial charge in [-0.3, -0.25) is 0 Å². The van der Waals surface area contributed by atoms with Crippen molar-refractivity contribution in [2.24, 2.45) is 5.92 Å². The van der Waals surface area contributed by atoms with Crippen molar-refractivity contribution in [2.75, 3.05) is 0 Å². The van der Waals surface area contributed by atoms with Crippen LogP contribution in [0, 0.1) is 12.8 Å². The maximum Gasteiger partial charge on any atom is 0.114 e. The van der Waals surface area contributed by atoms with Crippen LogP contribution in [0.2, 0.25) is 0 Å². The van der Waals surface area contributed by atoms with Crippen LogP contribution in [0.5, 0.6) is 0 Å². The van der Waals surface area contributed by atoms with Crippen molar-refractivity contribution in [1.29, 1.82) is 0 Å². The van der Waals surface area contributed by atoms with E-state index in [-0.39, 0.29) is 5.92 Å². The lowest BCUT2D eigenvalue weighted by Crippen LogP contribution is -2.23. The molecule has 1 heterocycles. The summed E-state index contributed by atoms with van der Waals surface area (Å²) in [6.07, 6.45) is -1.41. The van der Waals surface area contributed by atoms with Gasteiger partial charge in [0.25, 0.3) is 0 Å². The Balaban J connectivity index is 2.73. The molecule has 3 heteroatoms. The van der Waals surface area contributed by atoms with Gasteiger partial charge in [0, 0.05) is 9.75 Å². The summed E-state index contributed by atoms with van der Waals surface area (Å²) in [6, 6.07) is 3.83. The van der Waals surface area contributed by atoms with Crippen molar-refractivity contribution in [1.82, 2.24) is 0 Å². The maximum atomic E-state index is 9.73. The van der Waals surface area contributed by atoms with Crippen molar-refractivity contribution < 1.29 is 10.2 Å². The lowest BCUT2D eigenvalue weighted by atomic mass is 10.0. The fraction of sp³-hybridized carbons (Fsp3) is 0.600. The van der Waals surface area contributed by atoms with E-state index in [0.717, 1.165) is 9.75 Å². The zero-order valence-corrected chi connectivity index (χ0v) is 9.01. The Kier molecular flexibility index (Phi) is 3.47. The largest absolute Gasteiger partial charge is 0.390 e. The Bertz CT molecular complexity index is 268. The van der Waals surface area contributed by atoms with Gasteiger partial charge in [-0.2, -0.15) is 0 Å². The van der Waals surface area contributed by atoms with Crippen LogP contribution in [0.3, 0.4) is 0 Å². The van der Waals surface area contributed by atoms with Gasteiger partial charge < -0.3 is 10.2 Å². The van der Waals surface area contributed by atoms with E-state index < -0.39 is 12.2 Å². The van der Waals surface area contributed by atoms with Gasteiger partial charge in [-0.05, 0) is 25.0 Å². The fourth-order valence-electron chi connectivity index (χ4n) is 1.15. The molecule has 0 amide bonds. The molecule has 0 spiro atoms. The predicted octanol–water partition coefficient (Wildman–Crippen LogP) is 2.11. The highest BCUT2D eigenvalue weighted by Gasteiger charge is 2.22. The molecule has 1 aromatic heterocycles. The zero-order valence-electron chi connectivity index (χ0n) is 8.19. The lowest BCUT2D eigenvalue weighted by molar-refractivity contribution is -0.00745. The van der Waals surface area contributed by atoms with Gasteiger partial charge in [-0.25, -0.2) is 0 Å². The molecule has 1 rings (SSSR count). The van der Waals surface area contributed by atoms with Crippen molar-refractivity contribution in [3.8, 4) is 0 Å². The van der Waals surface area contributed by atoms with Crippen LogP contribution in [0.15, 0.2) is 12.1 Å². The van der Waals surface area contributed by atoms with Gasteiger partial charge in [-0.15, -0.1) is 11.3 Å². The summed E-state index contributed by atoms with van der Waals surface area (Å²) < 4.78 is 0. The minimum Gasteiger partial charge on any atom is -0.390 e. The minimum absolute atomic E-state index is 0.0809. The summed E-state index contributed by atoms with van der Waals surface area (Å²) in [5.74, 6) is 0.0809. The third kappa shape index (κ3) is 2.53. The van der Waals surface area contributed by atoms with Crippen LogP contribution in [0.25, 0.3) is 0 Å². The molecule has 0 fully saturated rings. The lowest BCUT2D eigenvalue weighted by Gasteiger charge is -2.19. The molecule has 0 aliphatic heterocycles. The molecule has 0 saturated carbocycles. The van der Waals surface area contributed by atoms with Gasteiger partial charge in [0.1, 0.15) is 6.10 Å². The molecule has 0 radical (unpaired) electrons. The molecule has 0 bridgehead atoms. The molecular formula is C10H16O2S. The quantitative estimate of drug-likeness (QED) is 0.784. The average molecular weight is 200 g/mol. The molecule has 2 nitrogen and oxygen atoms in total. The number of thiophene rings is 1. The normalized spacial score (nSPS) is 16.2. The monoisotopic (exact) mass is 200 g/mol. The van der Waals surface area contributed by atoms with E-state index in [0.29, 0.717) is 0 Å². The van der Waals surface area contributed by atoms with Crippen LogP contribution in [0.4, 0.5) is 0 Å². The van der Waals surface area contributed by atoms with Gasteiger partial charge in [0.05, 0.1) is 6.10 Å². The third-order valence-corrected chi connectivity index (χ3v) is 3.13. The fourth-order valence-corrected chi connectivity index (χ4v) is 2.05. The van der Waals surface area contributed by atoms with Gasteiger partial charge in [-0.1, -0.05) is 13.8 Å². The molecule has 0 aliphatic carbocycles. The van der Waals surface area contributed by atoms with Gasteiger partial charge in [0.15, 0.2) is 0 Å². The van der Waals surface area contributed by atoms with Gasteiger partial charge in [0.2, 0.25) is 0 Å². The first-order chi connectivity index (χ1) is 6.02. The Hall–Kier alpha value is -0.380. The molecule has 0 aliphatic rings. The van der Waals surface area contributed by atoms with Crippen LogP contribution in [-0.4, -0.2) is 16.3 Å². The van der Waals surface area contributed by atoms with Crippen LogP contribution >= 0.6 is 11.3 Å². The third-order valence-electron chi connectivity index (χ3n) is 2.06. The highest BCUT2D eigenvalue weighted by Crippen LogP contribution is 2.27. The van der Waals surface area contributed by atoms with E-state index in [1.54, 1.807) is 0 Å². The molecule has 2 unspecified atom stereocenters. The second-order valence-corrected chi connectivity index (χ2v) is 4.95. The van der Waals surface area contributed by atoms with Crippen molar-refractivity contribution >= 4 is 11.3 Å². The molecular weight excluding hydrogens is 184 g/mol. The molecule has 2 N–H and O–H groups in total. The molecule has 13 heavy (non-hydrogen) atoms. The highest BCUT2D eigenvalue weighted by atomic mass is 32.1.